The van der Waals surface area contributed by atoms with Crippen molar-refractivity contribution in [3.8, 4) is 0 Å². The summed E-state index contributed by atoms with van der Waals surface area (Å²) in [5.74, 6) is 5.76. The molecule has 0 spiro atoms. The SMILES string of the molecule is CCC(CC)CCCCC1CCC2C3CCC4CC(O)CCC4(C)C3CCC12C.[HH]. The van der Waals surface area contributed by atoms with Gasteiger partial charge in [0.1, 0.15) is 0 Å². The lowest BCUT2D eigenvalue weighted by Crippen LogP contribution is -2.53. The third-order valence-corrected chi connectivity index (χ3v) is 11.4. The third kappa shape index (κ3) is 3.96. The van der Waals surface area contributed by atoms with Crippen LogP contribution in [0.4, 0.5) is 0 Å². The van der Waals surface area contributed by atoms with Gasteiger partial charge in [-0.25, -0.2) is 0 Å². The summed E-state index contributed by atoms with van der Waals surface area (Å²) < 4.78 is 0. The van der Waals surface area contributed by atoms with Crippen LogP contribution in [0.1, 0.15) is 125 Å². The molecule has 29 heavy (non-hydrogen) atoms. The summed E-state index contributed by atoms with van der Waals surface area (Å²) in [4.78, 5) is 0. The van der Waals surface area contributed by atoms with Crippen LogP contribution in [0.3, 0.4) is 0 Å². The Kier molecular flexibility index (Phi) is 6.75. The summed E-state index contributed by atoms with van der Waals surface area (Å²) in [5, 5.41) is 10.3. The fourth-order valence-electron chi connectivity index (χ4n) is 9.34. The first-order valence-corrected chi connectivity index (χ1v) is 13.6. The zero-order valence-corrected chi connectivity index (χ0v) is 20.1. The van der Waals surface area contributed by atoms with Crippen molar-refractivity contribution >= 4 is 0 Å². The molecule has 4 fully saturated rings. The second-order valence-corrected chi connectivity index (χ2v) is 12.4. The van der Waals surface area contributed by atoms with E-state index in [0.717, 1.165) is 48.3 Å². The van der Waals surface area contributed by atoms with Gasteiger partial charge in [-0.1, -0.05) is 59.8 Å². The van der Waals surface area contributed by atoms with Gasteiger partial charge in [-0.05, 0) is 111 Å². The van der Waals surface area contributed by atoms with Crippen LogP contribution >= 0.6 is 0 Å². The van der Waals surface area contributed by atoms with Crippen molar-refractivity contribution in [3.05, 3.63) is 0 Å². The Morgan fingerprint density at radius 2 is 1.59 bits per heavy atom. The highest BCUT2D eigenvalue weighted by atomic mass is 16.3. The van der Waals surface area contributed by atoms with E-state index < -0.39 is 0 Å². The molecule has 0 aromatic carbocycles. The molecule has 8 atom stereocenters. The smallest absolute Gasteiger partial charge is 0.0543 e. The van der Waals surface area contributed by atoms with Gasteiger partial charge in [-0.3, -0.25) is 0 Å². The summed E-state index contributed by atoms with van der Waals surface area (Å²) >= 11 is 0. The molecule has 170 valence electrons. The first-order valence-electron chi connectivity index (χ1n) is 13.6. The van der Waals surface area contributed by atoms with Gasteiger partial charge in [0.2, 0.25) is 0 Å². The van der Waals surface area contributed by atoms with Crippen LogP contribution in [0.2, 0.25) is 0 Å². The predicted octanol–water partition coefficient (Wildman–Crippen LogP) is 8.25. The molecular weight excluding hydrogens is 352 g/mol. The van der Waals surface area contributed by atoms with Gasteiger partial charge < -0.3 is 5.11 Å². The van der Waals surface area contributed by atoms with E-state index in [-0.39, 0.29) is 7.53 Å². The van der Waals surface area contributed by atoms with Gasteiger partial charge in [0.05, 0.1) is 6.10 Å². The van der Waals surface area contributed by atoms with Crippen molar-refractivity contribution in [3.63, 3.8) is 0 Å². The first kappa shape index (κ1) is 22.2. The van der Waals surface area contributed by atoms with Gasteiger partial charge in [0, 0.05) is 1.43 Å². The highest BCUT2D eigenvalue weighted by molar-refractivity contribution is 5.09. The van der Waals surface area contributed by atoms with Crippen molar-refractivity contribution < 1.29 is 6.53 Å². The highest BCUT2D eigenvalue weighted by Gasteiger charge is 2.59. The van der Waals surface area contributed by atoms with Crippen LogP contribution in [0.25, 0.3) is 0 Å². The molecule has 0 saturated heterocycles. The quantitative estimate of drug-likeness (QED) is 0.423. The van der Waals surface area contributed by atoms with Crippen LogP contribution in [0.15, 0.2) is 0 Å². The number of hydrogen-bond donors (Lipinski definition) is 1. The molecular formula is C28H52O. The summed E-state index contributed by atoms with van der Waals surface area (Å²) in [6.07, 6.45) is 21.0. The predicted molar refractivity (Wildman–Crippen MR) is 126 cm³/mol. The summed E-state index contributed by atoms with van der Waals surface area (Å²) in [7, 11) is 0. The molecule has 4 aliphatic carbocycles. The van der Waals surface area contributed by atoms with Gasteiger partial charge in [0.25, 0.3) is 0 Å². The van der Waals surface area contributed by atoms with Gasteiger partial charge in [-0.2, -0.15) is 0 Å². The standard InChI is InChI=1S/C28H50O.H2/c1-5-20(6-2)9-7-8-10-21-12-14-25-24-13-11-22-19-23(29)15-17-28(22,4)26(24)16-18-27(21,25)3;/h20-26,29H,5-19H2,1-4H3;1H. The molecule has 0 aromatic heterocycles. The van der Waals surface area contributed by atoms with Crippen LogP contribution < -0.4 is 0 Å². The van der Waals surface area contributed by atoms with E-state index in [0.29, 0.717) is 10.8 Å². The minimum absolute atomic E-state index is 0. The van der Waals surface area contributed by atoms with Crippen molar-refractivity contribution in [2.24, 2.45) is 46.3 Å². The van der Waals surface area contributed by atoms with E-state index in [4.69, 9.17) is 0 Å². The molecule has 4 saturated carbocycles. The van der Waals surface area contributed by atoms with Crippen molar-refractivity contribution in [1.29, 1.82) is 0 Å². The molecule has 8 unspecified atom stereocenters. The summed E-state index contributed by atoms with van der Waals surface area (Å²) in [6, 6.07) is 0. The minimum Gasteiger partial charge on any atom is -0.393 e. The van der Waals surface area contributed by atoms with E-state index in [2.05, 4.69) is 27.7 Å². The Bertz CT molecular complexity index is 545. The first-order chi connectivity index (χ1) is 13.9. The van der Waals surface area contributed by atoms with E-state index in [1.165, 1.54) is 83.5 Å². The molecule has 0 bridgehead atoms. The number of fused-ring (bicyclic) bond motifs is 5. The van der Waals surface area contributed by atoms with Crippen LogP contribution in [0, 0.1) is 46.3 Å². The Morgan fingerprint density at radius 1 is 0.862 bits per heavy atom. The normalized spacial score (nSPS) is 47.0. The zero-order valence-electron chi connectivity index (χ0n) is 20.1. The second-order valence-electron chi connectivity index (χ2n) is 12.4. The number of aliphatic hydroxyl groups excluding tert-OH is 1. The van der Waals surface area contributed by atoms with Gasteiger partial charge in [-0.15, -0.1) is 0 Å². The topological polar surface area (TPSA) is 20.2 Å². The van der Waals surface area contributed by atoms with Gasteiger partial charge >= 0.3 is 0 Å². The molecule has 0 aromatic rings. The number of unbranched alkanes of at least 4 members (excludes halogenated alkanes) is 1. The Balaban J connectivity index is 0.00000256. The second kappa shape index (κ2) is 8.84. The molecule has 0 heterocycles. The van der Waals surface area contributed by atoms with E-state index in [9.17, 15) is 5.11 Å². The molecule has 4 aliphatic rings. The average molecular weight is 405 g/mol. The van der Waals surface area contributed by atoms with E-state index in [1.54, 1.807) is 0 Å². The molecule has 1 nitrogen and oxygen atoms in total. The van der Waals surface area contributed by atoms with Crippen LogP contribution in [0.5, 0.6) is 0 Å². The Hall–Kier alpha value is -0.0400. The van der Waals surface area contributed by atoms with Crippen molar-refractivity contribution in [1.82, 2.24) is 0 Å². The lowest BCUT2D eigenvalue weighted by Gasteiger charge is -2.61. The molecule has 1 heteroatoms. The maximum absolute atomic E-state index is 10.3. The maximum atomic E-state index is 10.3. The largest absolute Gasteiger partial charge is 0.393 e. The molecule has 4 rings (SSSR count). The van der Waals surface area contributed by atoms with Crippen molar-refractivity contribution in [2.45, 2.75) is 130 Å². The fourth-order valence-corrected chi connectivity index (χ4v) is 9.34. The number of hydrogen-bond acceptors (Lipinski definition) is 1. The Morgan fingerprint density at radius 3 is 2.34 bits per heavy atom. The minimum atomic E-state index is -0.00523. The molecule has 0 aliphatic heterocycles. The van der Waals surface area contributed by atoms with Crippen molar-refractivity contribution in [2.75, 3.05) is 0 Å². The maximum Gasteiger partial charge on any atom is 0.0543 e. The Labute approximate surface area is 183 Å². The number of rotatable bonds is 7. The molecule has 0 radical (unpaired) electrons. The fraction of sp³-hybridized carbons (Fsp3) is 1.00. The van der Waals surface area contributed by atoms with E-state index in [1.807, 2.05) is 0 Å². The molecule has 0 amide bonds. The lowest BCUT2D eigenvalue weighted by molar-refractivity contribution is -0.127. The average Bonchev–Trinajstić information content (AvgIpc) is 3.05. The summed E-state index contributed by atoms with van der Waals surface area (Å²) in [5.41, 5.74) is 1.18. The van der Waals surface area contributed by atoms with Crippen LogP contribution in [-0.2, 0) is 0 Å². The van der Waals surface area contributed by atoms with Crippen LogP contribution in [-0.4, -0.2) is 11.2 Å². The lowest BCUT2D eigenvalue weighted by atomic mass is 9.44. The number of aliphatic hydroxyl groups is 1. The summed E-state index contributed by atoms with van der Waals surface area (Å²) in [6.45, 7) is 10.1. The van der Waals surface area contributed by atoms with Gasteiger partial charge in [0.15, 0.2) is 0 Å². The monoisotopic (exact) mass is 404 g/mol. The molecule has 1 N–H and O–H groups in total. The highest BCUT2D eigenvalue weighted by Crippen LogP contribution is 2.67. The van der Waals surface area contributed by atoms with E-state index >= 15 is 0 Å². The zero-order chi connectivity index (χ0) is 20.6. The third-order valence-electron chi connectivity index (χ3n) is 11.4.